The predicted molar refractivity (Wildman–Crippen MR) is 105 cm³/mol. The fourth-order valence-corrected chi connectivity index (χ4v) is 13.3. The maximum atomic E-state index is 2.58. The molecule has 0 saturated heterocycles. The van der Waals surface area contributed by atoms with Crippen LogP contribution < -0.4 is 24.8 Å². The zero-order chi connectivity index (χ0) is 17.5. The molecule has 0 heterocycles. The molecule has 2 aliphatic carbocycles. The van der Waals surface area contributed by atoms with Crippen LogP contribution in [0.5, 0.6) is 0 Å². The van der Waals surface area contributed by atoms with E-state index in [2.05, 4.69) is 90.1 Å². The summed E-state index contributed by atoms with van der Waals surface area (Å²) in [6.07, 6.45) is 10.8. The Morgan fingerprint density at radius 1 is 0.962 bits per heavy atom. The molecule has 4 heteroatoms. The summed E-state index contributed by atoms with van der Waals surface area (Å²) in [6.45, 7) is 14.7. The zero-order valence-electron chi connectivity index (χ0n) is 16.6. The molecule has 3 rings (SSSR count). The van der Waals surface area contributed by atoms with Crippen molar-refractivity contribution in [3.05, 3.63) is 62.2 Å². The van der Waals surface area contributed by atoms with Gasteiger partial charge in [0.05, 0.1) is 0 Å². The first kappa shape index (κ1) is 24.4. The van der Waals surface area contributed by atoms with Gasteiger partial charge in [-0.25, -0.2) is 0 Å². The molecular weight excluding hydrogens is 457 g/mol. The summed E-state index contributed by atoms with van der Waals surface area (Å²) in [7, 11) is -0.194. The molecule has 26 heavy (non-hydrogen) atoms. The van der Waals surface area contributed by atoms with E-state index in [1.807, 2.05) is 0 Å². The molecule has 1 aromatic carbocycles. The Labute approximate surface area is 185 Å². The molecule has 0 bridgehead atoms. The number of hydrogen-bond donors (Lipinski definition) is 0. The van der Waals surface area contributed by atoms with E-state index < -0.39 is 23.2 Å². The van der Waals surface area contributed by atoms with Crippen LogP contribution in [-0.2, 0) is 23.2 Å². The van der Waals surface area contributed by atoms with Gasteiger partial charge in [0.15, 0.2) is 0 Å². The Morgan fingerprint density at radius 2 is 1.58 bits per heavy atom. The molecule has 0 spiro atoms. The van der Waals surface area contributed by atoms with Crippen LogP contribution in [0.3, 0.4) is 0 Å². The van der Waals surface area contributed by atoms with Crippen LogP contribution in [0.25, 0.3) is 6.08 Å². The first-order valence-electron chi connectivity index (χ1n) is 8.91. The number of benzene rings is 1. The summed E-state index contributed by atoms with van der Waals surface area (Å²) in [6, 6.07) is 9.16. The second-order valence-electron chi connectivity index (χ2n) is 8.78. The molecule has 1 aromatic rings. The van der Waals surface area contributed by atoms with Gasteiger partial charge in [-0.2, -0.15) is 0 Å². The third-order valence-electron chi connectivity index (χ3n) is 4.61. The van der Waals surface area contributed by atoms with Crippen molar-refractivity contribution in [2.75, 3.05) is 0 Å². The van der Waals surface area contributed by atoms with Crippen molar-refractivity contribution in [1.29, 1.82) is 0 Å². The molecule has 140 valence electrons. The van der Waals surface area contributed by atoms with Crippen molar-refractivity contribution in [3.63, 3.8) is 0 Å². The summed E-state index contributed by atoms with van der Waals surface area (Å²) in [5.41, 5.74) is 3.11. The Kier molecular flexibility index (Phi) is 8.64. The van der Waals surface area contributed by atoms with E-state index in [1.54, 1.807) is 14.2 Å². The topological polar surface area (TPSA) is 0 Å². The van der Waals surface area contributed by atoms with Crippen LogP contribution in [-0.4, -0.2) is 10.3 Å². The van der Waals surface area contributed by atoms with Crippen LogP contribution in [0.15, 0.2) is 51.1 Å². The van der Waals surface area contributed by atoms with E-state index in [1.165, 1.54) is 12.0 Å². The zero-order valence-corrected chi connectivity index (χ0v) is 21.5. The minimum atomic E-state index is -0.637. The normalized spacial score (nSPS) is 18.5. The van der Waals surface area contributed by atoms with E-state index in [0.29, 0.717) is 10.3 Å². The quantitative estimate of drug-likeness (QED) is 0.562. The minimum Gasteiger partial charge on any atom is -1.00 e. The summed E-state index contributed by atoms with van der Waals surface area (Å²) >= 11 is -0.637. The molecule has 0 fully saturated rings. The number of rotatable bonds is 3. The van der Waals surface area contributed by atoms with Gasteiger partial charge in [-0.3, -0.25) is 0 Å². The minimum absolute atomic E-state index is 0. The van der Waals surface area contributed by atoms with E-state index in [-0.39, 0.29) is 32.7 Å². The summed E-state index contributed by atoms with van der Waals surface area (Å²) in [5.74, 6) is 0. The SMILES string of the molecule is CC(C)(C)P(C1=Cc2ccccc2[CH]1[Zr+2][C]1=CC=CC1)C(C)(C)C.[Cl-].[Cl-]. The van der Waals surface area contributed by atoms with Crippen molar-refractivity contribution < 1.29 is 48.0 Å². The van der Waals surface area contributed by atoms with Crippen molar-refractivity contribution >= 4 is 14.0 Å². The molecule has 0 saturated carbocycles. The van der Waals surface area contributed by atoms with Crippen molar-refractivity contribution in [1.82, 2.24) is 0 Å². The Bertz CT molecular complexity index is 706. The molecule has 0 N–H and O–H groups in total. The Morgan fingerprint density at radius 3 is 2.12 bits per heavy atom. The fourth-order valence-electron chi connectivity index (χ4n) is 4.17. The average molecular weight is 487 g/mol. The third-order valence-corrected chi connectivity index (χ3v) is 12.9. The van der Waals surface area contributed by atoms with Gasteiger partial charge in [0.1, 0.15) is 0 Å². The van der Waals surface area contributed by atoms with Gasteiger partial charge in [0, 0.05) is 0 Å². The first-order valence-corrected chi connectivity index (χ1v) is 12.9. The van der Waals surface area contributed by atoms with Crippen LogP contribution in [0.2, 0.25) is 0 Å². The average Bonchev–Trinajstić information content (AvgIpc) is 3.05. The van der Waals surface area contributed by atoms with E-state index in [0.717, 1.165) is 3.63 Å². The molecule has 2 aliphatic rings. The number of allylic oxidation sites excluding steroid dienone is 5. The molecular formula is C22H29Cl2PZr. The summed E-state index contributed by atoms with van der Waals surface area (Å²) in [5, 5.41) is 2.48. The van der Waals surface area contributed by atoms with Crippen molar-refractivity contribution in [2.24, 2.45) is 0 Å². The largest absolute Gasteiger partial charge is 1.00 e. The molecule has 1 atom stereocenters. The number of halogens is 2. The second-order valence-corrected chi connectivity index (χ2v) is 16.4. The van der Waals surface area contributed by atoms with Gasteiger partial charge >= 0.3 is 161 Å². The van der Waals surface area contributed by atoms with Gasteiger partial charge in [-0.05, 0) is 0 Å². The summed E-state index contributed by atoms with van der Waals surface area (Å²) < 4.78 is 2.49. The van der Waals surface area contributed by atoms with Gasteiger partial charge in [0.25, 0.3) is 0 Å². The van der Waals surface area contributed by atoms with Crippen molar-refractivity contribution in [2.45, 2.75) is 61.9 Å². The van der Waals surface area contributed by atoms with Gasteiger partial charge in [-0.1, -0.05) is 0 Å². The first-order chi connectivity index (χ1) is 11.2. The molecule has 0 aromatic heterocycles. The van der Waals surface area contributed by atoms with Crippen LogP contribution >= 0.6 is 7.92 Å². The molecule has 1 unspecified atom stereocenters. The smallest absolute Gasteiger partial charge is 1.00 e. The standard InChI is InChI=1S/C17H24P.C5H5.2ClH.Zr/c1-16(2,3)18(17(4,5)6)15-11-13-9-7-8-10-14(13)12-15;1-2-4-5-3-1;;;/h7-12H,1-6H3;1-3H,4H2;2*1H;/q;;;;+2/p-2. The Hall–Kier alpha value is 0.333. The predicted octanol–water partition coefficient (Wildman–Crippen LogP) is 1.10. The number of hydrogen-bond acceptors (Lipinski definition) is 0. The van der Waals surface area contributed by atoms with E-state index >= 15 is 0 Å². The third kappa shape index (κ3) is 5.23. The van der Waals surface area contributed by atoms with Crippen LogP contribution in [0, 0.1) is 0 Å². The van der Waals surface area contributed by atoms with Gasteiger partial charge in [0.2, 0.25) is 0 Å². The van der Waals surface area contributed by atoms with E-state index in [9.17, 15) is 0 Å². The number of fused-ring (bicyclic) bond motifs is 1. The van der Waals surface area contributed by atoms with Gasteiger partial charge < -0.3 is 24.8 Å². The molecule has 0 amide bonds. The fraction of sp³-hybridized carbons (Fsp3) is 0.455. The maximum absolute atomic E-state index is 2.58. The van der Waals surface area contributed by atoms with Crippen LogP contribution in [0.1, 0.15) is 62.7 Å². The van der Waals surface area contributed by atoms with E-state index in [4.69, 9.17) is 0 Å². The monoisotopic (exact) mass is 484 g/mol. The molecule has 0 nitrogen and oxygen atoms in total. The molecule has 0 aliphatic heterocycles. The Balaban J connectivity index is 0.00000169. The van der Waals surface area contributed by atoms with Gasteiger partial charge in [-0.15, -0.1) is 0 Å². The maximum Gasteiger partial charge on any atom is -1.00 e. The molecule has 0 radical (unpaired) electrons. The summed E-state index contributed by atoms with van der Waals surface area (Å²) in [4.78, 5) is 0. The van der Waals surface area contributed by atoms with Crippen LogP contribution in [0.4, 0.5) is 0 Å². The second kappa shape index (κ2) is 9.22. The van der Waals surface area contributed by atoms with Crippen molar-refractivity contribution in [3.8, 4) is 0 Å².